The maximum Gasteiger partial charge on any atom is 0.127 e. The SMILES string of the molecule is CC(Cl)c1nc2cc(F)ccc2n1C1CC2CCC1C2. The summed E-state index contributed by atoms with van der Waals surface area (Å²) in [4.78, 5) is 4.59. The normalized spacial score (nSPS) is 30.2. The molecule has 2 nitrogen and oxygen atoms in total. The topological polar surface area (TPSA) is 17.8 Å². The molecule has 2 aromatic rings. The Hall–Kier alpha value is -1.09. The monoisotopic (exact) mass is 292 g/mol. The van der Waals surface area contributed by atoms with Crippen LogP contribution < -0.4 is 0 Å². The summed E-state index contributed by atoms with van der Waals surface area (Å²) in [5.74, 6) is 2.27. The summed E-state index contributed by atoms with van der Waals surface area (Å²) in [6, 6.07) is 5.39. The lowest BCUT2D eigenvalue weighted by molar-refractivity contribution is 0.329. The van der Waals surface area contributed by atoms with Crippen molar-refractivity contribution in [3.63, 3.8) is 0 Å². The summed E-state index contributed by atoms with van der Waals surface area (Å²) in [5, 5.41) is -0.149. The molecule has 0 amide bonds. The molecular weight excluding hydrogens is 275 g/mol. The van der Waals surface area contributed by atoms with E-state index in [0.29, 0.717) is 6.04 Å². The molecule has 4 rings (SSSR count). The molecule has 1 aromatic carbocycles. The summed E-state index contributed by atoms with van der Waals surface area (Å²) in [7, 11) is 0. The predicted molar refractivity (Wildman–Crippen MR) is 78.4 cm³/mol. The Labute approximate surface area is 122 Å². The van der Waals surface area contributed by atoms with Crippen molar-refractivity contribution < 1.29 is 4.39 Å². The fraction of sp³-hybridized carbons (Fsp3) is 0.562. The maximum atomic E-state index is 13.4. The first-order valence-electron chi connectivity index (χ1n) is 7.45. The molecule has 1 heterocycles. The zero-order valence-corrected chi connectivity index (χ0v) is 12.3. The Morgan fingerprint density at radius 1 is 1.35 bits per heavy atom. The van der Waals surface area contributed by atoms with Crippen molar-refractivity contribution in [3.8, 4) is 0 Å². The van der Waals surface area contributed by atoms with Gasteiger partial charge in [-0.3, -0.25) is 0 Å². The minimum atomic E-state index is -0.233. The third kappa shape index (κ3) is 1.79. The van der Waals surface area contributed by atoms with E-state index in [2.05, 4.69) is 9.55 Å². The van der Waals surface area contributed by atoms with Crippen molar-refractivity contribution in [2.45, 2.75) is 44.0 Å². The molecule has 2 aliphatic carbocycles. The minimum absolute atomic E-state index is 0.149. The van der Waals surface area contributed by atoms with Gasteiger partial charge in [-0.25, -0.2) is 9.37 Å². The van der Waals surface area contributed by atoms with Crippen molar-refractivity contribution in [1.82, 2.24) is 9.55 Å². The highest BCUT2D eigenvalue weighted by Crippen LogP contribution is 2.52. The van der Waals surface area contributed by atoms with E-state index in [9.17, 15) is 4.39 Å². The van der Waals surface area contributed by atoms with Crippen LogP contribution in [0.1, 0.15) is 49.9 Å². The van der Waals surface area contributed by atoms with Crippen LogP contribution in [0, 0.1) is 17.7 Å². The van der Waals surface area contributed by atoms with Crippen LogP contribution in [-0.2, 0) is 0 Å². The predicted octanol–water partition coefficient (Wildman–Crippen LogP) is 4.84. The number of hydrogen-bond acceptors (Lipinski definition) is 1. The number of halogens is 2. The highest BCUT2D eigenvalue weighted by Gasteiger charge is 2.42. The summed E-state index contributed by atoms with van der Waals surface area (Å²) < 4.78 is 15.7. The smallest absolute Gasteiger partial charge is 0.127 e. The van der Waals surface area contributed by atoms with E-state index in [-0.39, 0.29) is 11.2 Å². The van der Waals surface area contributed by atoms with Crippen LogP contribution >= 0.6 is 11.6 Å². The first-order valence-corrected chi connectivity index (χ1v) is 7.88. The molecule has 4 unspecified atom stereocenters. The van der Waals surface area contributed by atoms with Crippen molar-refractivity contribution in [1.29, 1.82) is 0 Å². The standard InChI is InChI=1S/C16H18ClFN2/c1-9(17)16-19-13-8-12(18)4-5-14(13)20(16)15-7-10-2-3-11(15)6-10/h4-5,8-11,15H,2-3,6-7H2,1H3. The van der Waals surface area contributed by atoms with Crippen molar-refractivity contribution >= 4 is 22.6 Å². The van der Waals surface area contributed by atoms with Crippen LogP contribution in [0.5, 0.6) is 0 Å². The van der Waals surface area contributed by atoms with Crippen LogP contribution in [0.15, 0.2) is 18.2 Å². The second-order valence-electron chi connectivity index (χ2n) is 6.33. The van der Waals surface area contributed by atoms with Crippen molar-refractivity contribution in [2.24, 2.45) is 11.8 Å². The van der Waals surface area contributed by atoms with Gasteiger partial charge in [-0.2, -0.15) is 0 Å². The molecular formula is C16H18ClFN2. The summed E-state index contributed by atoms with van der Waals surface area (Å²) in [5.41, 5.74) is 1.77. The molecule has 2 bridgehead atoms. The van der Waals surface area contributed by atoms with Gasteiger partial charge in [0.1, 0.15) is 11.6 Å². The Bertz CT molecular complexity index is 664. The number of rotatable bonds is 2. The van der Waals surface area contributed by atoms with Gasteiger partial charge in [-0.1, -0.05) is 6.42 Å². The van der Waals surface area contributed by atoms with Crippen molar-refractivity contribution in [3.05, 3.63) is 29.8 Å². The average Bonchev–Trinajstić information content (AvgIpc) is 3.09. The van der Waals surface area contributed by atoms with Gasteiger partial charge in [0.05, 0.1) is 16.4 Å². The lowest BCUT2D eigenvalue weighted by atomic mass is 9.95. The average molecular weight is 293 g/mol. The van der Waals surface area contributed by atoms with E-state index in [1.807, 2.05) is 13.0 Å². The quantitative estimate of drug-likeness (QED) is 0.725. The molecule has 0 spiro atoms. The number of fused-ring (bicyclic) bond motifs is 3. The Morgan fingerprint density at radius 2 is 2.20 bits per heavy atom. The molecule has 4 atom stereocenters. The molecule has 20 heavy (non-hydrogen) atoms. The van der Waals surface area contributed by atoms with Crippen molar-refractivity contribution in [2.75, 3.05) is 0 Å². The summed E-state index contributed by atoms with van der Waals surface area (Å²) in [6.07, 6.45) is 5.24. The van der Waals surface area contributed by atoms with Crippen LogP contribution in [0.2, 0.25) is 0 Å². The van der Waals surface area contributed by atoms with Crippen LogP contribution in [-0.4, -0.2) is 9.55 Å². The van der Waals surface area contributed by atoms with Gasteiger partial charge >= 0.3 is 0 Å². The second-order valence-corrected chi connectivity index (χ2v) is 6.99. The number of alkyl halides is 1. The fourth-order valence-corrected chi connectivity index (χ4v) is 4.40. The van der Waals surface area contributed by atoms with E-state index in [1.165, 1.54) is 37.8 Å². The van der Waals surface area contributed by atoms with Gasteiger partial charge in [0.25, 0.3) is 0 Å². The summed E-state index contributed by atoms with van der Waals surface area (Å²) >= 11 is 6.32. The summed E-state index contributed by atoms with van der Waals surface area (Å²) in [6.45, 7) is 1.95. The Kier molecular flexibility index (Phi) is 2.81. The molecule has 0 N–H and O–H groups in total. The molecule has 0 saturated heterocycles. The third-order valence-electron chi connectivity index (χ3n) is 5.07. The lowest BCUT2D eigenvalue weighted by Crippen LogP contribution is -2.18. The number of nitrogens with zero attached hydrogens (tertiary/aromatic N) is 2. The minimum Gasteiger partial charge on any atom is -0.323 e. The largest absolute Gasteiger partial charge is 0.323 e. The third-order valence-corrected chi connectivity index (χ3v) is 5.26. The molecule has 1 aromatic heterocycles. The number of benzene rings is 1. The van der Waals surface area contributed by atoms with Crippen LogP contribution in [0.25, 0.3) is 11.0 Å². The lowest BCUT2D eigenvalue weighted by Gasteiger charge is -2.26. The first kappa shape index (κ1) is 12.6. The fourth-order valence-electron chi connectivity index (χ4n) is 4.25. The zero-order chi connectivity index (χ0) is 13.9. The second kappa shape index (κ2) is 4.45. The van der Waals surface area contributed by atoms with Crippen LogP contribution in [0.3, 0.4) is 0 Å². The molecule has 106 valence electrons. The van der Waals surface area contributed by atoms with E-state index < -0.39 is 0 Å². The van der Waals surface area contributed by atoms with Gasteiger partial charge in [0, 0.05) is 12.1 Å². The molecule has 4 heteroatoms. The first-order chi connectivity index (χ1) is 9.63. The van der Waals surface area contributed by atoms with Gasteiger partial charge in [-0.15, -0.1) is 11.6 Å². The number of imidazole rings is 1. The molecule has 0 aliphatic heterocycles. The van der Waals surface area contributed by atoms with Gasteiger partial charge in [0.2, 0.25) is 0 Å². The molecule has 2 saturated carbocycles. The van der Waals surface area contributed by atoms with E-state index in [0.717, 1.165) is 28.7 Å². The van der Waals surface area contributed by atoms with E-state index in [1.54, 1.807) is 0 Å². The molecule has 0 radical (unpaired) electrons. The number of aromatic nitrogens is 2. The zero-order valence-electron chi connectivity index (χ0n) is 11.5. The molecule has 2 fully saturated rings. The van der Waals surface area contributed by atoms with Gasteiger partial charge in [0.15, 0.2) is 0 Å². The Morgan fingerprint density at radius 3 is 2.85 bits per heavy atom. The number of hydrogen-bond donors (Lipinski definition) is 0. The van der Waals surface area contributed by atoms with E-state index >= 15 is 0 Å². The van der Waals surface area contributed by atoms with Gasteiger partial charge in [-0.05, 0) is 50.2 Å². The van der Waals surface area contributed by atoms with Crippen LogP contribution in [0.4, 0.5) is 4.39 Å². The maximum absolute atomic E-state index is 13.4. The Balaban J connectivity index is 1.90. The highest BCUT2D eigenvalue weighted by atomic mass is 35.5. The van der Waals surface area contributed by atoms with E-state index in [4.69, 9.17) is 11.6 Å². The molecule has 2 aliphatic rings. The van der Waals surface area contributed by atoms with Gasteiger partial charge < -0.3 is 4.57 Å². The highest BCUT2D eigenvalue weighted by molar-refractivity contribution is 6.20.